The molecule has 2 aromatic carbocycles. The van der Waals surface area contributed by atoms with Gasteiger partial charge < -0.3 is 20.4 Å². The molecule has 1 atom stereocenters. The van der Waals surface area contributed by atoms with Gasteiger partial charge in [-0.25, -0.2) is 9.97 Å². The Kier molecular flexibility index (Phi) is 5.69. The minimum atomic E-state index is -0.150. The van der Waals surface area contributed by atoms with Crippen LogP contribution in [0.15, 0.2) is 60.9 Å². The Labute approximate surface area is 192 Å². The minimum Gasteiger partial charge on any atom is -0.497 e. The number of nitrogens with zero attached hydrogens (tertiary/aromatic N) is 3. The van der Waals surface area contributed by atoms with Crippen molar-refractivity contribution in [2.24, 2.45) is 0 Å². The van der Waals surface area contributed by atoms with Crippen LogP contribution in [-0.2, 0) is 11.2 Å². The van der Waals surface area contributed by atoms with Crippen LogP contribution in [0.3, 0.4) is 0 Å². The van der Waals surface area contributed by atoms with Gasteiger partial charge in [-0.3, -0.25) is 4.79 Å². The zero-order chi connectivity index (χ0) is 22.8. The summed E-state index contributed by atoms with van der Waals surface area (Å²) in [4.78, 5) is 27.7. The Morgan fingerprint density at radius 3 is 2.97 bits per heavy atom. The van der Waals surface area contributed by atoms with Gasteiger partial charge in [-0.15, -0.1) is 0 Å². The van der Waals surface area contributed by atoms with E-state index < -0.39 is 0 Å². The molecular formula is C26H27N5O2. The highest BCUT2D eigenvalue weighted by Crippen LogP contribution is 2.37. The average Bonchev–Trinajstić information content (AvgIpc) is 3.26. The Hall–Kier alpha value is -3.87. The maximum Gasteiger partial charge on any atom is 0.227 e. The van der Waals surface area contributed by atoms with Crippen LogP contribution >= 0.6 is 0 Å². The third kappa shape index (κ3) is 4.14. The maximum atomic E-state index is 13.5. The van der Waals surface area contributed by atoms with E-state index in [0.717, 1.165) is 58.3 Å². The molecule has 0 aliphatic carbocycles. The van der Waals surface area contributed by atoms with Gasteiger partial charge in [0.2, 0.25) is 11.9 Å². The second-order valence-electron chi connectivity index (χ2n) is 8.39. The molecule has 3 N–H and O–H groups in total. The molecule has 168 valence electrons. The van der Waals surface area contributed by atoms with Crippen LogP contribution in [-0.4, -0.2) is 39.4 Å². The molecular weight excluding hydrogens is 414 g/mol. The lowest BCUT2D eigenvalue weighted by atomic mass is 9.93. The highest BCUT2D eigenvalue weighted by atomic mass is 16.5. The van der Waals surface area contributed by atoms with Gasteiger partial charge in [0.15, 0.2) is 0 Å². The summed E-state index contributed by atoms with van der Waals surface area (Å²) in [5, 5.41) is 1.09. The lowest BCUT2D eigenvalue weighted by molar-refractivity contribution is -0.134. The van der Waals surface area contributed by atoms with Crippen molar-refractivity contribution in [3.63, 3.8) is 0 Å². The van der Waals surface area contributed by atoms with Crippen molar-refractivity contribution in [2.45, 2.75) is 31.7 Å². The van der Waals surface area contributed by atoms with Gasteiger partial charge in [0.05, 0.1) is 25.3 Å². The van der Waals surface area contributed by atoms with Crippen LogP contribution in [0.5, 0.6) is 5.75 Å². The molecule has 0 saturated carbocycles. The van der Waals surface area contributed by atoms with Gasteiger partial charge in [0, 0.05) is 35.4 Å². The first-order chi connectivity index (χ1) is 16.1. The van der Waals surface area contributed by atoms with Gasteiger partial charge in [-0.05, 0) is 48.6 Å². The number of nitrogens with one attached hydrogen (secondary N) is 1. The highest BCUT2D eigenvalue weighted by Gasteiger charge is 2.31. The molecule has 1 saturated heterocycles. The summed E-state index contributed by atoms with van der Waals surface area (Å²) in [6, 6.07) is 15.7. The minimum absolute atomic E-state index is 0.0956. The molecule has 0 spiro atoms. The number of H-pyrrole nitrogens is 1. The molecule has 1 aliphatic heterocycles. The van der Waals surface area contributed by atoms with Crippen LogP contribution < -0.4 is 10.5 Å². The van der Waals surface area contributed by atoms with Gasteiger partial charge >= 0.3 is 0 Å². The number of nitrogens with two attached hydrogens (primary N) is 1. The number of hydrogen-bond donors (Lipinski definition) is 2. The van der Waals surface area contributed by atoms with E-state index in [1.165, 1.54) is 0 Å². The number of methoxy groups -OCH3 is 1. The van der Waals surface area contributed by atoms with Crippen molar-refractivity contribution in [3.8, 4) is 16.9 Å². The molecule has 1 fully saturated rings. The van der Waals surface area contributed by atoms with Crippen LogP contribution in [0, 0.1) is 0 Å². The number of hydrogen-bond acceptors (Lipinski definition) is 5. The number of nitrogen functional groups attached to an aromatic ring is 1. The smallest absolute Gasteiger partial charge is 0.227 e. The quantitative estimate of drug-likeness (QED) is 0.475. The number of para-hydroxylation sites is 1. The predicted molar refractivity (Wildman–Crippen MR) is 129 cm³/mol. The molecule has 33 heavy (non-hydrogen) atoms. The number of carbonyl (C=O) groups is 1. The summed E-state index contributed by atoms with van der Waals surface area (Å²) >= 11 is 0. The largest absolute Gasteiger partial charge is 0.497 e. The fourth-order valence-corrected chi connectivity index (χ4v) is 4.73. The number of rotatable bonds is 5. The number of carbonyl (C=O) groups excluding carboxylic acids is 1. The maximum absolute atomic E-state index is 13.5. The molecule has 7 heteroatoms. The molecule has 7 nitrogen and oxygen atoms in total. The summed E-state index contributed by atoms with van der Waals surface area (Å²) in [6.45, 7) is 0.702. The molecule has 0 radical (unpaired) electrons. The van der Waals surface area contributed by atoms with Crippen LogP contribution in [0.2, 0.25) is 0 Å². The fourth-order valence-electron chi connectivity index (χ4n) is 4.73. The molecule has 3 heterocycles. The van der Waals surface area contributed by atoms with Crippen molar-refractivity contribution in [1.29, 1.82) is 0 Å². The number of ether oxygens (including phenoxy) is 1. The van der Waals surface area contributed by atoms with Crippen molar-refractivity contribution in [1.82, 2.24) is 19.9 Å². The lowest BCUT2D eigenvalue weighted by Gasteiger charge is -2.36. The topological polar surface area (TPSA) is 97.1 Å². The Balaban J connectivity index is 1.50. The molecule has 1 amide bonds. The zero-order valence-electron chi connectivity index (χ0n) is 18.6. The Morgan fingerprint density at radius 2 is 2.09 bits per heavy atom. The van der Waals surface area contributed by atoms with Crippen LogP contribution in [0.25, 0.3) is 22.0 Å². The van der Waals surface area contributed by atoms with Gasteiger partial charge in [0.1, 0.15) is 5.75 Å². The van der Waals surface area contributed by atoms with Gasteiger partial charge in [-0.1, -0.05) is 30.3 Å². The van der Waals surface area contributed by atoms with E-state index in [1.807, 2.05) is 59.6 Å². The molecule has 0 bridgehead atoms. The fraction of sp³-hybridized carbons (Fsp3) is 0.269. The number of fused-ring (bicyclic) bond motifs is 1. The number of anilines is 1. The first kappa shape index (κ1) is 21.0. The number of likely N-dealkylation sites (tertiary alicyclic amines) is 1. The van der Waals surface area contributed by atoms with Crippen LogP contribution in [0.1, 0.15) is 36.6 Å². The second kappa shape index (κ2) is 8.94. The Morgan fingerprint density at radius 1 is 1.21 bits per heavy atom. The van der Waals surface area contributed by atoms with Crippen molar-refractivity contribution < 1.29 is 9.53 Å². The first-order valence-electron chi connectivity index (χ1n) is 11.3. The summed E-state index contributed by atoms with van der Waals surface area (Å²) in [6.07, 6.45) is 6.88. The van der Waals surface area contributed by atoms with E-state index in [2.05, 4.69) is 15.0 Å². The van der Waals surface area contributed by atoms with Gasteiger partial charge in [0.25, 0.3) is 0 Å². The van der Waals surface area contributed by atoms with E-state index in [1.54, 1.807) is 13.3 Å². The number of aromatic amines is 1. The van der Waals surface area contributed by atoms with E-state index in [4.69, 9.17) is 10.5 Å². The molecule has 5 rings (SSSR count). The summed E-state index contributed by atoms with van der Waals surface area (Å²) in [7, 11) is 1.64. The summed E-state index contributed by atoms with van der Waals surface area (Å²) < 4.78 is 5.41. The Bertz CT molecular complexity index is 1300. The first-order valence-corrected chi connectivity index (χ1v) is 11.3. The standard InChI is InChI=1S/C26H27N5O2/c1-33-19-8-6-7-17(13-19)21-16-29-26(27)30-25(21)23-11-4-5-12-31(23)24(32)14-18-15-28-22-10-3-2-9-20(18)22/h2-3,6-10,13,15-16,23,28H,4-5,11-12,14H2,1H3,(H2,27,29,30). The third-order valence-electron chi connectivity index (χ3n) is 6.37. The SMILES string of the molecule is COc1cccc(-c2cnc(N)nc2C2CCCCN2C(=O)Cc2c[nH]c3ccccc23)c1. The average molecular weight is 442 g/mol. The normalized spacial score (nSPS) is 16.2. The summed E-state index contributed by atoms with van der Waals surface area (Å²) in [5.41, 5.74) is 10.7. The van der Waals surface area contributed by atoms with E-state index >= 15 is 0 Å². The number of aromatic nitrogens is 3. The van der Waals surface area contributed by atoms with Crippen molar-refractivity contribution in [2.75, 3.05) is 19.4 Å². The second-order valence-corrected chi connectivity index (χ2v) is 8.39. The third-order valence-corrected chi connectivity index (χ3v) is 6.37. The van der Waals surface area contributed by atoms with E-state index in [-0.39, 0.29) is 17.9 Å². The molecule has 4 aromatic rings. The zero-order valence-corrected chi connectivity index (χ0v) is 18.6. The van der Waals surface area contributed by atoms with Crippen LogP contribution in [0.4, 0.5) is 5.95 Å². The lowest BCUT2D eigenvalue weighted by Crippen LogP contribution is -2.40. The monoisotopic (exact) mass is 441 g/mol. The van der Waals surface area contributed by atoms with Crippen molar-refractivity contribution >= 4 is 22.8 Å². The number of piperidine rings is 1. The van der Waals surface area contributed by atoms with E-state index in [0.29, 0.717) is 13.0 Å². The highest BCUT2D eigenvalue weighted by molar-refractivity contribution is 5.89. The molecule has 2 aromatic heterocycles. The predicted octanol–water partition coefficient (Wildman–Crippen LogP) is 4.51. The van der Waals surface area contributed by atoms with Gasteiger partial charge in [-0.2, -0.15) is 0 Å². The molecule has 1 aliphatic rings. The number of benzene rings is 2. The number of amides is 1. The summed E-state index contributed by atoms with van der Waals surface area (Å²) in [5.74, 6) is 1.07. The van der Waals surface area contributed by atoms with Crippen molar-refractivity contribution in [3.05, 3.63) is 72.2 Å². The van der Waals surface area contributed by atoms with E-state index in [9.17, 15) is 4.79 Å². The molecule has 1 unspecified atom stereocenters.